The van der Waals surface area contributed by atoms with Crippen LogP contribution in [0.15, 0.2) is 53.6 Å². The Hall–Kier alpha value is -3.25. The van der Waals surface area contributed by atoms with Crippen LogP contribution in [0.2, 0.25) is 5.02 Å². The molecule has 2 aromatic carbocycles. The smallest absolute Gasteiger partial charge is 0.245 e. The van der Waals surface area contributed by atoms with Crippen molar-refractivity contribution >= 4 is 56.4 Å². The molecule has 1 aromatic heterocycles. The number of hydrogen-bond donors (Lipinski definition) is 3. The number of carbonyl (C=O) groups is 1. The zero-order valence-corrected chi connectivity index (χ0v) is 24.6. The summed E-state index contributed by atoms with van der Waals surface area (Å²) in [5, 5.41) is 9.51. The van der Waals surface area contributed by atoms with Crippen LogP contribution in [0.3, 0.4) is 0 Å². The summed E-state index contributed by atoms with van der Waals surface area (Å²) in [4.78, 5) is 23.3. The van der Waals surface area contributed by atoms with Crippen LogP contribution in [0.25, 0.3) is 0 Å². The minimum atomic E-state index is -3.75. The number of hydrogen-bond acceptors (Lipinski definition) is 8. The van der Waals surface area contributed by atoms with Gasteiger partial charge in [0.25, 0.3) is 0 Å². The highest BCUT2D eigenvalue weighted by Crippen LogP contribution is 2.38. The molecule has 5 rings (SSSR count). The van der Waals surface area contributed by atoms with Crippen molar-refractivity contribution in [1.82, 2.24) is 19.2 Å². The summed E-state index contributed by atoms with van der Waals surface area (Å²) in [6.45, 7) is 5.15. The van der Waals surface area contributed by atoms with Gasteiger partial charge in [0.15, 0.2) is 5.82 Å². The standard InChI is InChI=1S/C28H34ClN7O3S/c1-28(2)13-11-25(37)32-23-15-18(9-10-20(23)28)31-27-30-16-21(29)26(34-27)33-22-7-5-6-8-24(22)40(38,39)36-14-12-19(17-36)35(3)4/h5-10,15-16,19H,11-14,17H2,1-4H3,(H,32,37)(H2,30,31,33,34)/t19-/m1/s1. The lowest BCUT2D eigenvalue weighted by Crippen LogP contribution is -2.34. The number of nitrogens with one attached hydrogen (secondary N) is 3. The second kappa shape index (κ2) is 11.0. The molecule has 1 saturated heterocycles. The molecule has 3 heterocycles. The molecule has 0 spiro atoms. The SMILES string of the molecule is CN(C)[C@@H]1CCN(S(=O)(=O)c2ccccc2Nc2nc(Nc3ccc4c(c3)NC(=O)CCC4(C)C)ncc2Cl)C1. The summed E-state index contributed by atoms with van der Waals surface area (Å²) in [6.07, 6.45) is 3.45. The quantitative estimate of drug-likeness (QED) is 0.357. The Morgan fingerprint density at radius 3 is 2.67 bits per heavy atom. The highest BCUT2D eigenvalue weighted by atomic mass is 35.5. The Labute approximate surface area is 240 Å². The van der Waals surface area contributed by atoms with Crippen LogP contribution in [-0.4, -0.2) is 66.7 Å². The van der Waals surface area contributed by atoms with Crippen LogP contribution < -0.4 is 16.0 Å². The number of halogens is 1. The van der Waals surface area contributed by atoms with Gasteiger partial charge in [0, 0.05) is 36.9 Å². The maximum Gasteiger partial charge on any atom is 0.245 e. The molecule has 1 atom stereocenters. The first kappa shape index (κ1) is 28.3. The van der Waals surface area contributed by atoms with Crippen molar-refractivity contribution in [3.63, 3.8) is 0 Å². The number of aromatic nitrogens is 2. The van der Waals surface area contributed by atoms with Crippen LogP contribution in [0.5, 0.6) is 0 Å². The van der Waals surface area contributed by atoms with Gasteiger partial charge in [0.1, 0.15) is 9.92 Å². The number of para-hydroxylation sites is 1. The van der Waals surface area contributed by atoms with E-state index in [0.29, 0.717) is 30.9 Å². The minimum absolute atomic E-state index is 0.0158. The number of sulfonamides is 1. The number of benzene rings is 2. The molecule has 2 aliphatic rings. The maximum absolute atomic E-state index is 13.6. The summed E-state index contributed by atoms with van der Waals surface area (Å²) >= 11 is 6.43. The summed E-state index contributed by atoms with van der Waals surface area (Å²) in [6, 6.07) is 12.7. The second-order valence-corrected chi connectivity index (χ2v) is 13.4. The summed E-state index contributed by atoms with van der Waals surface area (Å²) in [5.74, 6) is 0.511. The largest absolute Gasteiger partial charge is 0.338 e. The lowest BCUT2D eigenvalue weighted by atomic mass is 9.80. The van der Waals surface area contributed by atoms with Crippen molar-refractivity contribution in [3.8, 4) is 0 Å². The molecule has 0 aliphatic carbocycles. The fraction of sp³-hybridized carbons (Fsp3) is 0.393. The highest BCUT2D eigenvalue weighted by Gasteiger charge is 2.35. The van der Waals surface area contributed by atoms with Crippen LogP contribution >= 0.6 is 11.6 Å². The third-order valence-corrected chi connectivity index (χ3v) is 9.81. The number of fused-ring (bicyclic) bond motifs is 1. The van der Waals surface area contributed by atoms with E-state index in [1.807, 2.05) is 37.2 Å². The van der Waals surface area contributed by atoms with Gasteiger partial charge in [-0.1, -0.05) is 43.6 Å². The van der Waals surface area contributed by atoms with E-state index >= 15 is 0 Å². The highest BCUT2D eigenvalue weighted by molar-refractivity contribution is 7.89. The molecule has 10 nitrogen and oxygen atoms in total. The Kier molecular flexibility index (Phi) is 7.75. The molecule has 3 N–H and O–H groups in total. The Morgan fingerprint density at radius 1 is 1.15 bits per heavy atom. The molecule has 1 fully saturated rings. The first-order valence-electron chi connectivity index (χ1n) is 13.2. The van der Waals surface area contributed by atoms with Gasteiger partial charge in [-0.3, -0.25) is 4.79 Å². The molecule has 0 radical (unpaired) electrons. The number of rotatable bonds is 7. The molecule has 3 aromatic rings. The molecule has 40 heavy (non-hydrogen) atoms. The van der Waals surface area contributed by atoms with Gasteiger partial charge >= 0.3 is 0 Å². The molecule has 12 heteroatoms. The van der Waals surface area contributed by atoms with Crippen molar-refractivity contribution in [1.29, 1.82) is 0 Å². The second-order valence-electron chi connectivity index (χ2n) is 11.1. The van der Waals surface area contributed by atoms with Crippen molar-refractivity contribution in [3.05, 3.63) is 59.2 Å². The molecule has 0 saturated carbocycles. The average molecular weight is 584 g/mol. The molecule has 0 unspecified atom stereocenters. The first-order chi connectivity index (χ1) is 18.9. The summed E-state index contributed by atoms with van der Waals surface area (Å²) < 4.78 is 28.7. The van der Waals surface area contributed by atoms with Gasteiger partial charge in [-0.25, -0.2) is 13.4 Å². The van der Waals surface area contributed by atoms with E-state index in [1.165, 1.54) is 10.5 Å². The minimum Gasteiger partial charge on any atom is -0.338 e. The van der Waals surface area contributed by atoms with E-state index in [4.69, 9.17) is 11.6 Å². The van der Waals surface area contributed by atoms with Crippen molar-refractivity contribution < 1.29 is 13.2 Å². The fourth-order valence-corrected chi connectivity index (χ4v) is 6.92. The molecule has 212 valence electrons. The Balaban J connectivity index is 1.40. The monoisotopic (exact) mass is 583 g/mol. The van der Waals surface area contributed by atoms with Crippen molar-refractivity contribution in [2.24, 2.45) is 0 Å². The number of nitrogens with zero attached hydrogens (tertiary/aromatic N) is 4. The van der Waals surface area contributed by atoms with E-state index in [-0.39, 0.29) is 39.0 Å². The van der Waals surface area contributed by atoms with Gasteiger partial charge in [0.2, 0.25) is 21.9 Å². The lowest BCUT2D eigenvalue weighted by Gasteiger charge is -2.25. The number of likely N-dealkylation sites (N-methyl/N-ethyl adjacent to an activating group) is 1. The third-order valence-electron chi connectivity index (χ3n) is 7.61. The van der Waals surface area contributed by atoms with Crippen LogP contribution in [0.4, 0.5) is 28.8 Å². The Bertz CT molecular complexity index is 1540. The maximum atomic E-state index is 13.6. The van der Waals surface area contributed by atoms with Gasteiger partial charge in [0.05, 0.1) is 11.9 Å². The molecule has 1 amide bonds. The molecular formula is C28H34ClN7O3S. The van der Waals surface area contributed by atoms with E-state index in [0.717, 1.165) is 24.1 Å². The van der Waals surface area contributed by atoms with Gasteiger partial charge < -0.3 is 20.9 Å². The predicted molar refractivity (Wildman–Crippen MR) is 158 cm³/mol. The van der Waals surface area contributed by atoms with Crippen LogP contribution in [-0.2, 0) is 20.2 Å². The van der Waals surface area contributed by atoms with Crippen molar-refractivity contribution in [2.45, 2.75) is 49.5 Å². The lowest BCUT2D eigenvalue weighted by molar-refractivity contribution is -0.116. The van der Waals surface area contributed by atoms with Crippen LogP contribution in [0.1, 0.15) is 38.7 Å². The zero-order valence-electron chi connectivity index (χ0n) is 23.0. The molecule has 0 bridgehead atoms. The van der Waals surface area contributed by atoms with Gasteiger partial charge in [-0.2, -0.15) is 9.29 Å². The van der Waals surface area contributed by atoms with E-state index in [1.54, 1.807) is 24.3 Å². The summed E-state index contributed by atoms with van der Waals surface area (Å²) in [5.41, 5.74) is 2.74. The van der Waals surface area contributed by atoms with Crippen molar-refractivity contribution in [2.75, 3.05) is 43.1 Å². The van der Waals surface area contributed by atoms with E-state index in [9.17, 15) is 13.2 Å². The first-order valence-corrected chi connectivity index (χ1v) is 15.0. The van der Waals surface area contributed by atoms with E-state index < -0.39 is 10.0 Å². The number of anilines is 5. The molecular weight excluding hydrogens is 550 g/mol. The van der Waals surface area contributed by atoms with E-state index in [2.05, 4.69) is 39.8 Å². The zero-order chi connectivity index (χ0) is 28.7. The van der Waals surface area contributed by atoms with Crippen LogP contribution in [0, 0.1) is 0 Å². The van der Waals surface area contributed by atoms with Gasteiger partial charge in [-0.05, 0) is 62.2 Å². The molecule has 2 aliphatic heterocycles. The average Bonchev–Trinajstić information content (AvgIpc) is 3.38. The predicted octanol–water partition coefficient (Wildman–Crippen LogP) is 4.95. The number of amides is 1. The Morgan fingerprint density at radius 2 is 1.93 bits per heavy atom. The fourth-order valence-electron chi connectivity index (χ4n) is 5.15. The third kappa shape index (κ3) is 5.78. The number of carbonyl (C=O) groups excluding carboxylic acids is 1. The van der Waals surface area contributed by atoms with Gasteiger partial charge in [-0.15, -0.1) is 0 Å². The normalized spacial score (nSPS) is 19.1. The topological polar surface area (TPSA) is 120 Å². The summed E-state index contributed by atoms with van der Waals surface area (Å²) in [7, 11) is 0.174.